The van der Waals surface area contributed by atoms with Crippen LogP contribution in [0.4, 0.5) is 0 Å². The number of carbonyl (C=O) groups excluding carboxylic acids is 1. The number of carbonyl (C=O) groups is 1. The molecule has 0 radical (unpaired) electrons. The smallest absolute Gasteiger partial charge is 0.277 e. The van der Waals surface area contributed by atoms with Crippen molar-refractivity contribution in [3.8, 4) is 0 Å². The van der Waals surface area contributed by atoms with Crippen LogP contribution in [0, 0.1) is 0 Å². The average Bonchev–Trinajstić information content (AvgIpc) is 2.00. The van der Waals surface area contributed by atoms with E-state index in [4.69, 9.17) is 0 Å². The third-order valence-electron chi connectivity index (χ3n) is 0.708. The van der Waals surface area contributed by atoms with E-state index >= 15 is 0 Å². The minimum Gasteiger partial charge on any atom is -0.277 e. The van der Waals surface area contributed by atoms with Gasteiger partial charge in [0.25, 0.3) is 0 Å². The van der Waals surface area contributed by atoms with E-state index < -0.39 is 21.8 Å². The van der Waals surface area contributed by atoms with Crippen LogP contribution >= 0.6 is 0 Å². The molecule has 5 nitrogen and oxygen atoms in total. The van der Waals surface area contributed by atoms with Crippen LogP contribution in [0.3, 0.4) is 0 Å². The van der Waals surface area contributed by atoms with Gasteiger partial charge in [0.1, 0.15) is 0 Å². The van der Waals surface area contributed by atoms with Gasteiger partial charge in [0.05, 0.1) is 5.75 Å². The second-order valence-corrected chi connectivity index (χ2v) is 3.27. The second-order valence-electron chi connectivity index (χ2n) is 1.69. The molecule has 0 spiro atoms. The first-order valence-electron chi connectivity index (χ1n) is 2.88. The summed E-state index contributed by atoms with van der Waals surface area (Å²) in [5, 5.41) is 0. The molecule has 0 atom stereocenters. The molecule has 0 saturated heterocycles. The minimum absolute atomic E-state index is 0.419. The Kier molecular flexibility index (Phi) is 4.24. The van der Waals surface area contributed by atoms with Crippen molar-refractivity contribution in [3.05, 3.63) is 25.3 Å². The first-order chi connectivity index (χ1) is 5.52. The van der Waals surface area contributed by atoms with Crippen molar-refractivity contribution in [1.82, 2.24) is 0 Å². The van der Waals surface area contributed by atoms with Gasteiger partial charge in [-0.2, -0.15) is 8.42 Å². The van der Waals surface area contributed by atoms with Gasteiger partial charge >= 0.3 is 16.1 Å². The summed E-state index contributed by atoms with van der Waals surface area (Å²) in [4.78, 5) is 14.1. The Labute approximate surface area is 70.3 Å². The van der Waals surface area contributed by atoms with Crippen molar-refractivity contribution in [2.24, 2.45) is 0 Å². The SMILES string of the molecule is C=CCS(=O)(=O)OOC(=O)C=C. The molecule has 0 bridgehead atoms. The molecular weight excluding hydrogens is 184 g/mol. The van der Waals surface area contributed by atoms with Crippen molar-refractivity contribution in [1.29, 1.82) is 0 Å². The highest BCUT2D eigenvalue weighted by molar-refractivity contribution is 7.86. The van der Waals surface area contributed by atoms with Gasteiger partial charge < -0.3 is 0 Å². The fourth-order valence-electron chi connectivity index (χ4n) is 0.292. The Morgan fingerprint density at radius 2 is 2.00 bits per heavy atom. The monoisotopic (exact) mass is 192 g/mol. The lowest BCUT2D eigenvalue weighted by atomic mass is 10.7. The average molecular weight is 192 g/mol. The molecule has 0 aliphatic rings. The van der Waals surface area contributed by atoms with Crippen LogP contribution in [0.5, 0.6) is 0 Å². The summed E-state index contributed by atoms with van der Waals surface area (Å²) >= 11 is 0. The van der Waals surface area contributed by atoms with Crippen LogP contribution in [-0.4, -0.2) is 20.1 Å². The van der Waals surface area contributed by atoms with Crippen LogP contribution in [0.15, 0.2) is 25.3 Å². The molecule has 0 aliphatic heterocycles. The maximum atomic E-state index is 10.6. The van der Waals surface area contributed by atoms with Crippen molar-refractivity contribution < 1.29 is 22.4 Å². The maximum absolute atomic E-state index is 10.6. The Balaban J connectivity index is 4.00. The molecule has 0 aliphatic carbocycles. The molecule has 0 N–H and O–H groups in total. The van der Waals surface area contributed by atoms with Crippen molar-refractivity contribution in [2.45, 2.75) is 0 Å². The summed E-state index contributed by atoms with van der Waals surface area (Å²) in [5.74, 6) is -1.39. The van der Waals surface area contributed by atoms with Gasteiger partial charge in [0, 0.05) is 6.08 Å². The zero-order valence-electron chi connectivity index (χ0n) is 6.23. The zero-order chi connectivity index (χ0) is 9.61. The highest BCUT2D eigenvalue weighted by atomic mass is 32.2. The Morgan fingerprint density at radius 1 is 1.42 bits per heavy atom. The largest absolute Gasteiger partial charge is 0.366 e. The van der Waals surface area contributed by atoms with Gasteiger partial charge in [-0.25, -0.2) is 4.79 Å². The zero-order valence-corrected chi connectivity index (χ0v) is 7.04. The van der Waals surface area contributed by atoms with Gasteiger partial charge in [0.15, 0.2) is 0 Å². The predicted octanol–water partition coefficient (Wildman–Crippen LogP) is 0.163. The van der Waals surface area contributed by atoms with Crippen LogP contribution in [-0.2, 0) is 24.1 Å². The molecule has 0 unspecified atom stereocenters. The first kappa shape index (κ1) is 10.9. The van der Waals surface area contributed by atoms with E-state index in [1.54, 1.807) is 0 Å². The van der Waals surface area contributed by atoms with Gasteiger partial charge in [-0.15, -0.1) is 6.58 Å². The van der Waals surface area contributed by atoms with Gasteiger partial charge in [-0.3, -0.25) is 4.89 Å². The lowest BCUT2D eigenvalue weighted by Crippen LogP contribution is -2.12. The predicted molar refractivity (Wildman–Crippen MR) is 41.4 cm³/mol. The van der Waals surface area contributed by atoms with Gasteiger partial charge in [-0.05, 0) is 0 Å². The van der Waals surface area contributed by atoms with Crippen LogP contribution < -0.4 is 0 Å². The fraction of sp³-hybridized carbons (Fsp3) is 0.167. The summed E-state index contributed by atoms with van der Waals surface area (Å²) in [6.07, 6.45) is 1.89. The Hall–Kier alpha value is -1.14. The molecule has 0 saturated carbocycles. The van der Waals surface area contributed by atoms with E-state index in [-0.39, 0.29) is 0 Å². The number of hydrogen-bond acceptors (Lipinski definition) is 5. The Morgan fingerprint density at radius 3 is 2.42 bits per heavy atom. The molecule has 0 rings (SSSR count). The molecular formula is C6H8O5S. The molecule has 0 amide bonds. The third kappa shape index (κ3) is 4.64. The maximum Gasteiger partial charge on any atom is 0.366 e. The highest BCUT2D eigenvalue weighted by Gasteiger charge is 2.11. The summed E-state index contributed by atoms with van der Waals surface area (Å²) in [6.45, 7) is 6.21. The number of rotatable bonds is 5. The van der Waals surface area contributed by atoms with E-state index in [1.807, 2.05) is 0 Å². The quantitative estimate of drug-likeness (QED) is 0.268. The standard InChI is InChI=1S/C6H8O5S/c1-3-5-12(8,9)11-10-6(7)4-2/h3-4H,1-2,5H2. The van der Waals surface area contributed by atoms with Crippen molar-refractivity contribution in [2.75, 3.05) is 5.75 Å². The van der Waals surface area contributed by atoms with E-state index in [0.717, 1.165) is 12.2 Å². The van der Waals surface area contributed by atoms with Gasteiger partial charge in [0.2, 0.25) is 0 Å². The molecule has 0 fully saturated rings. The van der Waals surface area contributed by atoms with Crippen LogP contribution in [0.2, 0.25) is 0 Å². The Bertz CT molecular complexity index is 276. The fourth-order valence-corrected chi connectivity index (χ4v) is 0.806. The third-order valence-corrected chi connectivity index (χ3v) is 1.63. The summed E-state index contributed by atoms with van der Waals surface area (Å²) in [5.41, 5.74) is 0. The summed E-state index contributed by atoms with van der Waals surface area (Å²) in [7, 11) is -3.85. The molecule has 0 heterocycles. The van der Waals surface area contributed by atoms with E-state index in [2.05, 4.69) is 22.4 Å². The van der Waals surface area contributed by atoms with E-state index in [0.29, 0.717) is 0 Å². The van der Waals surface area contributed by atoms with Crippen LogP contribution in [0.1, 0.15) is 0 Å². The van der Waals surface area contributed by atoms with E-state index in [9.17, 15) is 13.2 Å². The second kappa shape index (κ2) is 4.68. The molecule has 0 aromatic carbocycles. The normalized spacial score (nSPS) is 10.3. The number of hydrogen-bond donors (Lipinski definition) is 0. The lowest BCUT2D eigenvalue weighted by molar-refractivity contribution is -0.204. The lowest BCUT2D eigenvalue weighted by Gasteiger charge is -1.98. The van der Waals surface area contributed by atoms with Crippen molar-refractivity contribution in [3.63, 3.8) is 0 Å². The molecule has 68 valence electrons. The summed E-state index contributed by atoms with van der Waals surface area (Å²) in [6, 6.07) is 0. The molecule has 0 aromatic rings. The first-order valence-corrected chi connectivity index (χ1v) is 4.45. The molecule has 0 aromatic heterocycles. The molecule has 6 heteroatoms. The highest BCUT2D eigenvalue weighted by Crippen LogP contribution is 1.95. The van der Waals surface area contributed by atoms with E-state index in [1.165, 1.54) is 0 Å². The van der Waals surface area contributed by atoms with Crippen molar-refractivity contribution >= 4 is 16.1 Å². The topological polar surface area (TPSA) is 69.7 Å². The minimum atomic E-state index is -3.85. The van der Waals surface area contributed by atoms with Gasteiger partial charge in [-0.1, -0.05) is 17.0 Å². The van der Waals surface area contributed by atoms with Crippen LogP contribution in [0.25, 0.3) is 0 Å². The molecule has 12 heavy (non-hydrogen) atoms. The summed E-state index contributed by atoms with van der Waals surface area (Å²) < 4.78 is 25.1.